The highest BCUT2D eigenvalue weighted by Gasteiger charge is 2.21. The molecule has 10 heteroatoms. The zero-order chi connectivity index (χ0) is 41.4. The van der Waals surface area contributed by atoms with Gasteiger partial charge in [0.05, 0.1) is 27.7 Å². The van der Waals surface area contributed by atoms with Crippen LogP contribution in [0.15, 0.2) is 48.6 Å². The van der Waals surface area contributed by atoms with Crippen LogP contribution in [0.1, 0.15) is 181 Å². The summed E-state index contributed by atoms with van der Waals surface area (Å²) in [7, 11) is 1.14. The maximum absolute atomic E-state index is 12.7. The fraction of sp³-hybridized carbons (Fsp3) is 0.783. The van der Waals surface area contributed by atoms with Gasteiger partial charge in [-0.3, -0.25) is 14.2 Å². The smallest absolute Gasteiger partial charge is 0.306 e. The summed E-state index contributed by atoms with van der Waals surface area (Å²) < 4.78 is 33.9. The molecule has 0 N–H and O–H groups in total. The molecule has 9 nitrogen and oxygen atoms in total. The third-order valence-corrected chi connectivity index (χ3v) is 10.3. The number of allylic oxidation sites excluding steroid dienone is 8. The van der Waals surface area contributed by atoms with Crippen molar-refractivity contribution in [3.05, 3.63) is 48.6 Å². The average Bonchev–Trinajstić information content (AvgIpc) is 3.15. The lowest BCUT2D eigenvalue weighted by molar-refractivity contribution is -0.870. The maximum Gasteiger partial charge on any atom is 0.306 e. The molecule has 0 aliphatic rings. The van der Waals surface area contributed by atoms with Crippen molar-refractivity contribution in [2.24, 2.45) is 0 Å². The molecular weight excluding hydrogens is 725 g/mol. The lowest BCUT2D eigenvalue weighted by atomic mass is 10.1. The molecule has 1 unspecified atom stereocenters. The molecule has 0 spiro atoms. The molecule has 0 aromatic heterocycles. The summed E-state index contributed by atoms with van der Waals surface area (Å²) in [5.74, 6) is -0.879. The molecule has 0 aromatic rings. The summed E-state index contributed by atoms with van der Waals surface area (Å²) in [6, 6.07) is 0. The molecule has 56 heavy (non-hydrogen) atoms. The standard InChI is InChI=1S/C46H84NO8P/c1-6-8-10-12-14-16-18-20-22-23-25-26-28-30-32-34-36-38-45(48)52-42-44(43-54-56(50,51)53-41-40-47(3,4)5)55-46(49)39-37-35-33-31-29-27-24-21-19-17-15-13-11-9-7-2/h14,16,20,22,25-27,29,44H,6-13,15,17-19,21,23-24,28,30-43H2,1-5H3/b16-14+,22-20+,26-25+,29-27+/t44-/m1/s1. The van der Waals surface area contributed by atoms with Crippen molar-refractivity contribution in [2.75, 3.05) is 47.5 Å². The van der Waals surface area contributed by atoms with Crippen molar-refractivity contribution in [3.63, 3.8) is 0 Å². The number of likely N-dealkylation sites (N-methyl/N-ethyl adjacent to an activating group) is 1. The van der Waals surface area contributed by atoms with E-state index in [1.165, 1.54) is 77.0 Å². The zero-order valence-corrected chi connectivity index (χ0v) is 37.5. The first-order valence-electron chi connectivity index (χ1n) is 22.3. The second kappa shape index (κ2) is 38.5. The summed E-state index contributed by atoms with van der Waals surface area (Å²) in [6.07, 6.45) is 44.2. The lowest BCUT2D eigenvalue weighted by Gasteiger charge is -2.28. The molecule has 0 aliphatic carbocycles. The number of nitrogens with zero attached hydrogens (tertiary/aromatic N) is 1. The van der Waals surface area contributed by atoms with E-state index in [2.05, 4.69) is 62.5 Å². The van der Waals surface area contributed by atoms with E-state index in [-0.39, 0.29) is 26.1 Å². The molecule has 0 radical (unpaired) electrons. The lowest BCUT2D eigenvalue weighted by Crippen LogP contribution is -2.37. The Morgan fingerprint density at radius 3 is 1.50 bits per heavy atom. The fourth-order valence-corrected chi connectivity index (χ4v) is 6.50. The third kappa shape index (κ3) is 41.6. The normalized spacial score (nSPS) is 14.0. The molecule has 0 aliphatic heterocycles. The van der Waals surface area contributed by atoms with Crippen molar-refractivity contribution in [1.82, 2.24) is 0 Å². The highest BCUT2D eigenvalue weighted by Crippen LogP contribution is 2.38. The Balaban J connectivity index is 4.42. The number of rotatable bonds is 40. The molecular formula is C46H84NO8P. The summed E-state index contributed by atoms with van der Waals surface area (Å²) in [4.78, 5) is 37.5. The zero-order valence-electron chi connectivity index (χ0n) is 36.6. The number of esters is 2. The fourth-order valence-electron chi connectivity index (χ4n) is 5.77. The first-order valence-corrected chi connectivity index (χ1v) is 23.8. The summed E-state index contributed by atoms with van der Waals surface area (Å²) in [5, 5.41) is 0. The molecule has 0 rings (SSSR count). The average molecular weight is 810 g/mol. The molecule has 0 saturated carbocycles. The Morgan fingerprint density at radius 2 is 0.964 bits per heavy atom. The van der Waals surface area contributed by atoms with Crippen LogP contribution >= 0.6 is 7.82 Å². The van der Waals surface area contributed by atoms with Crippen LogP contribution in [0.2, 0.25) is 0 Å². The molecule has 0 saturated heterocycles. The Labute approximate surface area is 343 Å². The Morgan fingerprint density at radius 1 is 0.554 bits per heavy atom. The highest BCUT2D eigenvalue weighted by atomic mass is 31.2. The molecule has 0 heterocycles. The van der Waals surface area contributed by atoms with Gasteiger partial charge < -0.3 is 27.9 Å². The Bertz CT molecular complexity index is 1100. The van der Waals surface area contributed by atoms with Crippen LogP contribution in [0, 0.1) is 0 Å². The number of carbonyl (C=O) groups excluding carboxylic acids is 2. The van der Waals surface area contributed by atoms with E-state index in [4.69, 9.17) is 18.5 Å². The number of phosphoric ester groups is 1. The third-order valence-electron chi connectivity index (χ3n) is 9.32. The minimum absolute atomic E-state index is 0.0386. The Hall–Kier alpha value is -2.03. The van der Waals surface area contributed by atoms with Crippen LogP contribution in [-0.4, -0.2) is 70.0 Å². The number of carbonyl (C=O) groups is 2. The van der Waals surface area contributed by atoms with Crippen LogP contribution in [0.4, 0.5) is 0 Å². The van der Waals surface area contributed by atoms with E-state index < -0.39 is 32.5 Å². The largest absolute Gasteiger partial charge is 0.756 e. The molecule has 0 bridgehead atoms. The van der Waals surface area contributed by atoms with Gasteiger partial charge in [-0.25, -0.2) is 0 Å². The van der Waals surface area contributed by atoms with Gasteiger partial charge in [-0.1, -0.05) is 140 Å². The number of unbranched alkanes of at least 4 members (excludes halogenated alkanes) is 18. The molecule has 0 aromatic carbocycles. The van der Waals surface area contributed by atoms with E-state index in [9.17, 15) is 19.0 Å². The number of hydrogen-bond donors (Lipinski definition) is 0. The van der Waals surface area contributed by atoms with Crippen molar-refractivity contribution in [1.29, 1.82) is 0 Å². The van der Waals surface area contributed by atoms with E-state index in [0.717, 1.165) is 64.2 Å². The number of quaternary nitrogens is 1. The monoisotopic (exact) mass is 810 g/mol. The van der Waals surface area contributed by atoms with Gasteiger partial charge in [-0.15, -0.1) is 0 Å². The van der Waals surface area contributed by atoms with Crippen LogP contribution in [0.5, 0.6) is 0 Å². The predicted molar refractivity (Wildman–Crippen MR) is 231 cm³/mol. The minimum Gasteiger partial charge on any atom is -0.756 e. The van der Waals surface area contributed by atoms with Gasteiger partial charge in [0.25, 0.3) is 7.82 Å². The first-order chi connectivity index (χ1) is 27.0. The van der Waals surface area contributed by atoms with Crippen molar-refractivity contribution in [3.8, 4) is 0 Å². The summed E-state index contributed by atoms with van der Waals surface area (Å²) >= 11 is 0. The quantitative estimate of drug-likeness (QED) is 0.0198. The van der Waals surface area contributed by atoms with Gasteiger partial charge in [0, 0.05) is 12.8 Å². The first kappa shape index (κ1) is 54.0. The van der Waals surface area contributed by atoms with Crippen LogP contribution in [0.3, 0.4) is 0 Å². The van der Waals surface area contributed by atoms with Crippen LogP contribution < -0.4 is 4.89 Å². The molecule has 2 atom stereocenters. The van der Waals surface area contributed by atoms with Gasteiger partial charge in [0.1, 0.15) is 19.8 Å². The Kier molecular flexibility index (Phi) is 37.1. The SMILES string of the molecule is CCCCC/C=C/C/C=C/C/C=C/CCCCCCC(=O)OC[C@H](COP(=O)([O-])OCC[N+](C)(C)C)OC(=O)CCCCC/C=C/CCCCCCCCCC. The van der Waals surface area contributed by atoms with E-state index in [0.29, 0.717) is 23.9 Å². The maximum atomic E-state index is 12.7. The second-order valence-corrected chi connectivity index (χ2v) is 17.5. The molecule has 0 fully saturated rings. The topological polar surface area (TPSA) is 111 Å². The second-order valence-electron chi connectivity index (χ2n) is 16.1. The molecule has 0 amide bonds. The number of ether oxygens (including phenoxy) is 2. The van der Waals surface area contributed by atoms with Gasteiger partial charge in [-0.05, 0) is 77.0 Å². The van der Waals surface area contributed by atoms with Crippen molar-refractivity contribution >= 4 is 19.8 Å². The van der Waals surface area contributed by atoms with Gasteiger partial charge >= 0.3 is 11.9 Å². The molecule has 326 valence electrons. The van der Waals surface area contributed by atoms with Crippen LogP contribution in [-0.2, 0) is 32.7 Å². The van der Waals surface area contributed by atoms with Gasteiger partial charge in [0.2, 0.25) is 0 Å². The van der Waals surface area contributed by atoms with Crippen molar-refractivity contribution < 1.29 is 42.1 Å². The van der Waals surface area contributed by atoms with E-state index >= 15 is 0 Å². The predicted octanol–water partition coefficient (Wildman–Crippen LogP) is 12.1. The number of phosphoric acid groups is 1. The van der Waals surface area contributed by atoms with Gasteiger partial charge in [-0.2, -0.15) is 0 Å². The minimum atomic E-state index is -4.63. The highest BCUT2D eigenvalue weighted by molar-refractivity contribution is 7.45. The van der Waals surface area contributed by atoms with Gasteiger partial charge in [0.15, 0.2) is 6.10 Å². The number of hydrogen-bond acceptors (Lipinski definition) is 8. The van der Waals surface area contributed by atoms with Crippen LogP contribution in [0.25, 0.3) is 0 Å². The van der Waals surface area contributed by atoms with E-state index in [1.54, 1.807) is 0 Å². The summed E-state index contributed by atoms with van der Waals surface area (Å²) in [5.41, 5.74) is 0. The van der Waals surface area contributed by atoms with E-state index in [1.807, 2.05) is 21.1 Å². The van der Waals surface area contributed by atoms with Crippen molar-refractivity contribution in [2.45, 2.75) is 187 Å². The summed E-state index contributed by atoms with van der Waals surface area (Å²) in [6.45, 7) is 4.15.